The maximum atomic E-state index is 12.5. The summed E-state index contributed by atoms with van der Waals surface area (Å²) < 4.78 is 38.2. The van der Waals surface area contributed by atoms with Crippen LogP contribution < -0.4 is 14.8 Å². The van der Waals surface area contributed by atoms with Crippen molar-refractivity contribution in [3.63, 3.8) is 0 Å². The number of hydrogen-bond acceptors (Lipinski definition) is 5. The second-order valence-corrected chi connectivity index (χ2v) is 8.32. The number of carbonyl (C=O) groups is 1. The summed E-state index contributed by atoms with van der Waals surface area (Å²) in [7, 11) is -2.13. The smallest absolute Gasteiger partial charge is 0.251 e. The Kier molecular flexibility index (Phi) is 6.66. The average molecular weight is 404 g/mol. The Bertz CT molecular complexity index is 924. The lowest BCUT2D eigenvalue weighted by atomic mass is 10.2. The fourth-order valence-corrected chi connectivity index (χ4v) is 4.07. The molecule has 0 spiro atoms. The molecule has 1 aliphatic rings. The number of rotatable bonds is 8. The molecule has 150 valence electrons. The van der Waals surface area contributed by atoms with E-state index in [0.717, 1.165) is 18.4 Å². The Labute approximate surface area is 165 Å². The maximum absolute atomic E-state index is 12.5. The molecule has 1 unspecified atom stereocenters. The lowest BCUT2D eigenvalue weighted by Crippen LogP contribution is -2.32. The second-order valence-electron chi connectivity index (χ2n) is 6.55. The summed E-state index contributed by atoms with van der Waals surface area (Å²) in [5.74, 6) is 0.358. The molecule has 0 aromatic heterocycles. The Morgan fingerprint density at radius 3 is 2.79 bits per heavy atom. The number of ether oxygens (including phenoxy) is 2. The first kappa shape index (κ1) is 20.3. The van der Waals surface area contributed by atoms with E-state index in [-0.39, 0.29) is 29.0 Å². The van der Waals surface area contributed by atoms with Gasteiger partial charge in [-0.15, -0.1) is 0 Å². The predicted molar refractivity (Wildman–Crippen MR) is 105 cm³/mol. The van der Waals surface area contributed by atoms with Gasteiger partial charge in [-0.05, 0) is 48.7 Å². The van der Waals surface area contributed by atoms with Gasteiger partial charge >= 0.3 is 0 Å². The predicted octanol–water partition coefficient (Wildman–Crippen LogP) is 2.08. The Hall–Kier alpha value is -2.42. The van der Waals surface area contributed by atoms with Gasteiger partial charge in [-0.2, -0.15) is 0 Å². The molecule has 1 aliphatic heterocycles. The maximum Gasteiger partial charge on any atom is 0.251 e. The van der Waals surface area contributed by atoms with Gasteiger partial charge in [-0.25, -0.2) is 13.1 Å². The summed E-state index contributed by atoms with van der Waals surface area (Å²) in [6.07, 6.45) is 1.69. The van der Waals surface area contributed by atoms with Crippen LogP contribution in [0.3, 0.4) is 0 Å². The van der Waals surface area contributed by atoms with Gasteiger partial charge in [0.25, 0.3) is 5.91 Å². The molecular weight excluding hydrogens is 380 g/mol. The number of benzene rings is 2. The topological polar surface area (TPSA) is 93.7 Å². The molecule has 2 aromatic carbocycles. The van der Waals surface area contributed by atoms with E-state index in [4.69, 9.17) is 9.47 Å². The fourth-order valence-electron chi connectivity index (χ4n) is 2.96. The average Bonchev–Trinajstić information content (AvgIpc) is 3.24. The molecule has 1 heterocycles. The Morgan fingerprint density at radius 1 is 1.21 bits per heavy atom. The number of nitrogens with one attached hydrogen (secondary N) is 2. The van der Waals surface area contributed by atoms with Crippen LogP contribution in [0.5, 0.6) is 5.75 Å². The quantitative estimate of drug-likeness (QED) is 0.703. The molecule has 0 saturated carbocycles. The van der Waals surface area contributed by atoms with E-state index < -0.39 is 10.0 Å². The summed E-state index contributed by atoms with van der Waals surface area (Å²) in [6.45, 7) is 1.20. The van der Waals surface area contributed by atoms with Gasteiger partial charge in [0.1, 0.15) is 5.75 Å². The largest absolute Gasteiger partial charge is 0.497 e. The van der Waals surface area contributed by atoms with Crippen molar-refractivity contribution in [2.24, 2.45) is 0 Å². The normalized spacial score (nSPS) is 16.7. The zero-order valence-corrected chi connectivity index (χ0v) is 16.5. The monoisotopic (exact) mass is 404 g/mol. The number of methoxy groups -OCH3 is 1. The lowest BCUT2D eigenvalue weighted by Gasteiger charge is -2.12. The molecule has 0 aliphatic carbocycles. The minimum Gasteiger partial charge on any atom is -0.497 e. The molecule has 3 rings (SSSR count). The van der Waals surface area contributed by atoms with Gasteiger partial charge in [-0.1, -0.05) is 18.2 Å². The van der Waals surface area contributed by atoms with Crippen molar-refractivity contribution in [1.29, 1.82) is 0 Å². The van der Waals surface area contributed by atoms with Crippen LogP contribution in [-0.2, 0) is 21.3 Å². The van der Waals surface area contributed by atoms with E-state index in [1.807, 2.05) is 24.3 Å². The highest BCUT2D eigenvalue weighted by molar-refractivity contribution is 7.89. The highest BCUT2D eigenvalue weighted by Crippen LogP contribution is 2.15. The summed E-state index contributed by atoms with van der Waals surface area (Å²) in [6, 6.07) is 13.3. The van der Waals surface area contributed by atoms with Crippen molar-refractivity contribution in [2.45, 2.75) is 30.4 Å². The van der Waals surface area contributed by atoms with Crippen LogP contribution >= 0.6 is 0 Å². The van der Waals surface area contributed by atoms with Crippen molar-refractivity contribution in [1.82, 2.24) is 10.0 Å². The molecular formula is C20H24N2O5S. The van der Waals surface area contributed by atoms with Crippen molar-refractivity contribution in [3.05, 3.63) is 59.7 Å². The first-order chi connectivity index (χ1) is 13.5. The zero-order chi connectivity index (χ0) is 20.0. The Morgan fingerprint density at radius 2 is 2.04 bits per heavy atom. The van der Waals surface area contributed by atoms with E-state index in [1.165, 1.54) is 12.1 Å². The molecule has 7 nitrogen and oxygen atoms in total. The zero-order valence-electron chi connectivity index (χ0n) is 15.7. The first-order valence-electron chi connectivity index (χ1n) is 9.10. The number of hydrogen-bond donors (Lipinski definition) is 2. The van der Waals surface area contributed by atoms with Crippen molar-refractivity contribution < 1.29 is 22.7 Å². The molecule has 1 fully saturated rings. The third-order valence-electron chi connectivity index (χ3n) is 4.52. The van der Waals surface area contributed by atoms with Crippen LogP contribution in [0.2, 0.25) is 0 Å². The van der Waals surface area contributed by atoms with Crippen LogP contribution in [0.15, 0.2) is 53.4 Å². The van der Waals surface area contributed by atoms with Crippen LogP contribution in [0, 0.1) is 0 Å². The lowest BCUT2D eigenvalue weighted by molar-refractivity contribution is 0.0950. The van der Waals surface area contributed by atoms with Crippen LogP contribution in [0.4, 0.5) is 0 Å². The van der Waals surface area contributed by atoms with Crippen molar-refractivity contribution >= 4 is 15.9 Å². The third-order valence-corrected chi connectivity index (χ3v) is 5.94. The van der Waals surface area contributed by atoms with Gasteiger partial charge in [-0.3, -0.25) is 4.79 Å². The molecule has 0 bridgehead atoms. The van der Waals surface area contributed by atoms with E-state index in [1.54, 1.807) is 19.2 Å². The fraction of sp³-hybridized carbons (Fsp3) is 0.350. The van der Waals surface area contributed by atoms with Gasteiger partial charge in [0.05, 0.1) is 18.1 Å². The number of amides is 1. The molecule has 1 atom stereocenters. The van der Waals surface area contributed by atoms with Crippen LogP contribution in [-0.4, -0.2) is 40.7 Å². The molecule has 28 heavy (non-hydrogen) atoms. The SMILES string of the molecule is COc1cccc(CNC(=O)c2cccc(S(=O)(=O)NCC3CCCO3)c2)c1. The van der Waals surface area contributed by atoms with Crippen molar-refractivity contribution in [3.8, 4) is 5.75 Å². The molecule has 1 saturated heterocycles. The summed E-state index contributed by atoms with van der Waals surface area (Å²) in [4.78, 5) is 12.5. The van der Waals surface area contributed by atoms with E-state index in [9.17, 15) is 13.2 Å². The summed E-state index contributed by atoms with van der Waals surface area (Å²) in [5.41, 5.74) is 1.16. The summed E-state index contributed by atoms with van der Waals surface area (Å²) >= 11 is 0. The third kappa shape index (κ3) is 5.31. The molecule has 0 radical (unpaired) electrons. The molecule has 8 heteroatoms. The van der Waals surface area contributed by atoms with Gasteiger partial charge in [0.2, 0.25) is 10.0 Å². The molecule has 2 aromatic rings. The second kappa shape index (κ2) is 9.18. The summed E-state index contributed by atoms with van der Waals surface area (Å²) in [5, 5.41) is 2.79. The van der Waals surface area contributed by atoms with Crippen molar-refractivity contribution in [2.75, 3.05) is 20.3 Å². The highest BCUT2D eigenvalue weighted by atomic mass is 32.2. The van der Waals surface area contributed by atoms with Crippen LogP contribution in [0.25, 0.3) is 0 Å². The molecule has 1 amide bonds. The highest BCUT2D eigenvalue weighted by Gasteiger charge is 2.21. The van der Waals surface area contributed by atoms with E-state index >= 15 is 0 Å². The van der Waals surface area contributed by atoms with Gasteiger partial charge in [0.15, 0.2) is 0 Å². The van der Waals surface area contributed by atoms with E-state index in [2.05, 4.69) is 10.0 Å². The minimum atomic E-state index is -3.71. The van der Waals surface area contributed by atoms with Gasteiger partial charge in [0, 0.05) is 25.3 Å². The minimum absolute atomic E-state index is 0.0551. The van der Waals surface area contributed by atoms with Gasteiger partial charge < -0.3 is 14.8 Å². The standard InChI is InChI=1S/C20H24N2O5S/c1-26-17-7-2-5-15(11-17)13-21-20(23)16-6-3-9-19(12-16)28(24,25)22-14-18-8-4-10-27-18/h2-3,5-7,9,11-12,18,22H,4,8,10,13-14H2,1H3,(H,21,23). The van der Waals surface area contributed by atoms with E-state index in [0.29, 0.717) is 18.9 Å². The molecule has 2 N–H and O–H groups in total. The number of sulfonamides is 1. The Balaban J connectivity index is 1.63. The van der Waals surface area contributed by atoms with Crippen LogP contribution in [0.1, 0.15) is 28.8 Å². The first-order valence-corrected chi connectivity index (χ1v) is 10.6. The number of carbonyl (C=O) groups excluding carboxylic acids is 1.